The number of rotatable bonds is 5. The molecule has 1 unspecified atom stereocenters. The van der Waals surface area contributed by atoms with Crippen molar-refractivity contribution in [3.8, 4) is 5.75 Å². The predicted molar refractivity (Wildman–Crippen MR) is 75.1 cm³/mol. The fourth-order valence-corrected chi connectivity index (χ4v) is 2.48. The Balaban J connectivity index is 1.87. The molecule has 0 saturated carbocycles. The highest BCUT2D eigenvalue weighted by Crippen LogP contribution is 2.24. The number of hydrogen-bond acceptors (Lipinski definition) is 4. The minimum absolute atomic E-state index is 0.403. The van der Waals surface area contributed by atoms with Gasteiger partial charge in [0.05, 0.1) is 12.3 Å². The van der Waals surface area contributed by atoms with Crippen LogP contribution in [0, 0.1) is 0 Å². The van der Waals surface area contributed by atoms with Crippen molar-refractivity contribution in [1.82, 2.24) is 4.90 Å². The van der Waals surface area contributed by atoms with Crippen LogP contribution in [0.25, 0.3) is 0 Å². The first-order valence-corrected chi connectivity index (χ1v) is 6.60. The molecule has 5 nitrogen and oxygen atoms in total. The smallest absolute Gasteiger partial charge is 0.248 e. The number of nitrogens with two attached hydrogens (primary N) is 2. The number of carbonyl (C=O) groups is 1. The quantitative estimate of drug-likeness (QED) is 0.783. The first kappa shape index (κ1) is 13.7. The summed E-state index contributed by atoms with van der Waals surface area (Å²) in [5.74, 6) is 0.136. The van der Waals surface area contributed by atoms with E-state index >= 15 is 0 Å². The van der Waals surface area contributed by atoms with Gasteiger partial charge in [0.1, 0.15) is 5.75 Å². The van der Waals surface area contributed by atoms with Crippen LogP contribution >= 0.6 is 0 Å². The van der Waals surface area contributed by atoms with Gasteiger partial charge in [0, 0.05) is 11.6 Å². The van der Waals surface area contributed by atoms with E-state index in [4.69, 9.17) is 16.2 Å². The zero-order valence-electron chi connectivity index (χ0n) is 11.3. The van der Waals surface area contributed by atoms with E-state index in [1.807, 2.05) is 0 Å². The molecule has 0 aliphatic carbocycles. The van der Waals surface area contributed by atoms with Crippen LogP contribution in [0.2, 0.25) is 0 Å². The van der Waals surface area contributed by atoms with E-state index in [0.29, 0.717) is 29.6 Å². The average molecular weight is 263 g/mol. The molecule has 1 amide bonds. The zero-order valence-corrected chi connectivity index (χ0v) is 11.3. The van der Waals surface area contributed by atoms with Crippen LogP contribution in [0.1, 0.15) is 29.6 Å². The molecular weight excluding hydrogens is 242 g/mol. The molecule has 1 aliphatic heterocycles. The van der Waals surface area contributed by atoms with Crippen molar-refractivity contribution < 1.29 is 9.53 Å². The Hall–Kier alpha value is -1.75. The third kappa shape index (κ3) is 3.38. The highest BCUT2D eigenvalue weighted by Gasteiger charge is 2.20. The van der Waals surface area contributed by atoms with Crippen LogP contribution in [-0.2, 0) is 0 Å². The molecule has 1 aromatic carbocycles. The lowest BCUT2D eigenvalue weighted by molar-refractivity contribution is 0.100. The van der Waals surface area contributed by atoms with Crippen LogP contribution in [0.3, 0.4) is 0 Å². The maximum Gasteiger partial charge on any atom is 0.248 e. The van der Waals surface area contributed by atoms with E-state index in [2.05, 4.69) is 11.9 Å². The van der Waals surface area contributed by atoms with E-state index in [-0.39, 0.29) is 0 Å². The predicted octanol–water partition coefficient (Wildman–Crippen LogP) is 1.23. The summed E-state index contributed by atoms with van der Waals surface area (Å²) in [6.45, 7) is 1.80. The lowest BCUT2D eigenvalue weighted by Gasteiger charge is -2.19. The largest absolute Gasteiger partial charge is 0.491 e. The third-order valence-electron chi connectivity index (χ3n) is 3.67. The molecule has 0 spiro atoms. The maximum atomic E-state index is 11.0. The molecular formula is C14H21N3O2. The SMILES string of the molecule is CN1CCCC1CCOc1ccc(C(N)=O)cc1N. The van der Waals surface area contributed by atoms with Crippen LogP contribution < -0.4 is 16.2 Å². The summed E-state index contributed by atoms with van der Waals surface area (Å²) in [4.78, 5) is 13.4. The molecule has 104 valence electrons. The first-order chi connectivity index (χ1) is 9.08. The van der Waals surface area contributed by atoms with E-state index < -0.39 is 5.91 Å². The second-order valence-electron chi connectivity index (χ2n) is 5.03. The molecule has 5 heteroatoms. The summed E-state index contributed by atoms with van der Waals surface area (Å²) >= 11 is 0. The number of hydrogen-bond donors (Lipinski definition) is 2. The molecule has 1 aromatic rings. The van der Waals surface area contributed by atoms with Gasteiger partial charge in [-0.25, -0.2) is 0 Å². The maximum absolute atomic E-state index is 11.0. The van der Waals surface area contributed by atoms with Gasteiger partial charge in [-0.1, -0.05) is 0 Å². The highest BCUT2D eigenvalue weighted by atomic mass is 16.5. The van der Waals surface area contributed by atoms with Gasteiger partial charge in [0.2, 0.25) is 5.91 Å². The van der Waals surface area contributed by atoms with Crippen LogP contribution in [0.5, 0.6) is 5.75 Å². The lowest BCUT2D eigenvalue weighted by Crippen LogP contribution is -2.26. The first-order valence-electron chi connectivity index (χ1n) is 6.60. The summed E-state index contributed by atoms with van der Waals surface area (Å²) in [5, 5.41) is 0. The number of ether oxygens (including phenoxy) is 1. The van der Waals surface area contributed by atoms with E-state index in [1.165, 1.54) is 19.4 Å². The molecule has 0 radical (unpaired) electrons. The molecule has 19 heavy (non-hydrogen) atoms. The highest BCUT2D eigenvalue weighted by molar-refractivity contribution is 5.94. The Morgan fingerprint density at radius 3 is 2.89 bits per heavy atom. The average Bonchev–Trinajstić information content (AvgIpc) is 2.77. The third-order valence-corrected chi connectivity index (χ3v) is 3.67. The van der Waals surface area contributed by atoms with Crippen LogP contribution in [0.15, 0.2) is 18.2 Å². The number of nitrogens with zero attached hydrogens (tertiary/aromatic N) is 1. The van der Waals surface area contributed by atoms with Gasteiger partial charge in [0.25, 0.3) is 0 Å². The fourth-order valence-electron chi connectivity index (χ4n) is 2.48. The number of primary amides is 1. The van der Waals surface area contributed by atoms with Gasteiger partial charge >= 0.3 is 0 Å². The van der Waals surface area contributed by atoms with E-state index in [0.717, 1.165) is 6.42 Å². The van der Waals surface area contributed by atoms with Crippen molar-refractivity contribution in [3.05, 3.63) is 23.8 Å². The minimum atomic E-state index is -0.481. The Bertz CT molecular complexity index is 462. The van der Waals surface area contributed by atoms with Crippen LogP contribution in [0.4, 0.5) is 5.69 Å². The van der Waals surface area contributed by atoms with Crippen molar-refractivity contribution in [1.29, 1.82) is 0 Å². The summed E-state index contributed by atoms with van der Waals surface area (Å²) in [7, 11) is 2.15. The van der Waals surface area contributed by atoms with Crippen molar-refractivity contribution in [2.45, 2.75) is 25.3 Å². The topological polar surface area (TPSA) is 81.6 Å². The van der Waals surface area contributed by atoms with E-state index in [1.54, 1.807) is 18.2 Å². The lowest BCUT2D eigenvalue weighted by atomic mass is 10.1. The van der Waals surface area contributed by atoms with Gasteiger partial charge < -0.3 is 21.1 Å². The van der Waals surface area contributed by atoms with Gasteiger partial charge in [-0.3, -0.25) is 4.79 Å². The molecule has 0 bridgehead atoms. The summed E-state index contributed by atoms with van der Waals surface area (Å²) in [6.07, 6.45) is 3.49. The summed E-state index contributed by atoms with van der Waals surface area (Å²) < 4.78 is 5.68. The molecule has 0 aromatic heterocycles. The Labute approximate surface area is 113 Å². The number of anilines is 1. The molecule has 1 heterocycles. The second kappa shape index (κ2) is 5.93. The fraction of sp³-hybridized carbons (Fsp3) is 0.500. The van der Waals surface area contributed by atoms with Crippen LogP contribution in [-0.4, -0.2) is 37.0 Å². The van der Waals surface area contributed by atoms with Gasteiger partial charge in [-0.05, 0) is 51.1 Å². The Kier molecular flexibility index (Phi) is 4.27. The minimum Gasteiger partial charge on any atom is -0.491 e. The van der Waals surface area contributed by atoms with Crippen molar-refractivity contribution in [2.24, 2.45) is 5.73 Å². The Morgan fingerprint density at radius 1 is 1.53 bits per heavy atom. The normalized spacial score (nSPS) is 19.5. The molecule has 2 rings (SSSR count). The second-order valence-corrected chi connectivity index (χ2v) is 5.03. The van der Waals surface area contributed by atoms with E-state index in [9.17, 15) is 4.79 Å². The molecule has 1 saturated heterocycles. The molecule has 1 atom stereocenters. The van der Waals surface area contributed by atoms with Gasteiger partial charge in [-0.15, -0.1) is 0 Å². The zero-order chi connectivity index (χ0) is 13.8. The monoisotopic (exact) mass is 263 g/mol. The van der Waals surface area contributed by atoms with Crippen molar-refractivity contribution in [2.75, 3.05) is 25.9 Å². The number of amides is 1. The summed E-state index contributed by atoms with van der Waals surface area (Å²) in [5.41, 5.74) is 11.9. The molecule has 4 N–H and O–H groups in total. The number of likely N-dealkylation sites (tertiary alicyclic amines) is 1. The summed E-state index contributed by atoms with van der Waals surface area (Å²) in [6, 6.07) is 5.49. The number of carbonyl (C=O) groups excluding carboxylic acids is 1. The Morgan fingerprint density at radius 2 is 2.32 bits per heavy atom. The molecule has 1 fully saturated rings. The van der Waals surface area contributed by atoms with Crippen molar-refractivity contribution >= 4 is 11.6 Å². The van der Waals surface area contributed by atoms with Gasteiger partial charge in [0.15, 0.2) is 0 Å². The number of nitrogen functional groups attached to an aromatic ring is 1. The van der Waals surface area contributed by atoms with Crippen molar-refractivity contribution in [3.63, 3.8) is 0 Å². The van der Waals surface area contributed by atoms with Gasteiger partial charge in [-0.2, -0.15) is 0 Å². The standard InChI is InChI=1S/C14H21N3O2/c1-17-7-2-3-11(17)6-8-19-13-5-4-10(14(16)18)9-12(13)15/h4-5,9,11H,2-3,6-8,15H2,1H3,(H2,16,18). The number of benzene rings is 1. The molecule has 1 aliphatic rings.